The van der Waals surface area contributed by atoms with Gasteiger partial charge >= 0.3 is 0 Å². The maximum Gasteiger partial charge on any atom is 0.125 e. The second kappa shape index (κ2) is 2.58. The quantitative estimate of drug-likeness (QED) is 0.557. The summed E-state index contributed by atoms with van der Waals surface area (Å²) in [6.07, 6.45) is 1.97. The van der Waals surface area contributed by atoms with E-state index in [1.807, 2.05) is 0 Å². The first-order chi connectivity index (χ1) is 4.30. The van der Waals surface area contributed by atoms with Crippen molar-refractivity contribution in [1.82, 2.24) is 4.98 Å². The topological polar surface area (TPSA) is 12.9 Å². The zero-order chi connectivity index (χ0) is 6.69. The lowest BCUT2D eigenvalue weighted by Gasteiger charge is -1.97. The second-order valence-electron chi connectivity index (χ2n) is 1.75. The molecule has 1 nitrogen and oxygen atoms in total. The van der Waals surface area contributed by atoms with E-state index in [9.17, 15) is 4.39 Å². The second-order valence-corrected chi connectivity index (χ2v) is 1.75. The van der Waals surface area contributed by atoms with Crippen molar-refractivity contribution in [2.45, 2.75) is 6.17 Å². The Morgan fingerprint density at radius 2 is 2.00 bits per heavy atom. The minimum atomic E-state index is -1.13. The van der Waals surface area contributed by atoms with Crippen LogP contribution < -0.4 is 0 Å². The average molecular weight is 124 g/mol. The number of halogens is 1. The van der Waals surface area contributed by atoms with Crippen LogP contribution in [-0.4, -0.2) is 4.98 Å². The third kappa shape index (κ3) is 1.49. The monoisotopic (exact) mass is 124 g/mol. The lowest BCUT2D eigenvalue weighted by Crippen LogP contribution is -1.83. The SMILES string of the molecule is [CH2]C(F)c1ccncc1. The van der Waals surface area contributed by atoms with Crippen molar-refractivity contribution < 1.29 is 4.39 Å². The molecular formula is C7H7FN. The maximum atomic E-state index is 12.3. The molecule has 1 rings (SSSR count). The number of hydrogen-bond donors (Lipinski definition) is 0. The van der Waals surface area contributed by atoms with Crippen LogP contribution in [0.3, 0.4) is 0 Å². The third-order valence-electron chi connectivity index (χ3n) is 1.07. The summed E-state index contributed by atoms with van der Waals surface area (Å²) in [6.45, 7) is 3.21. The highest BCUT2D eigenvalue weighted by Crippen LogP contribution is 2.12. The van der Waals surface area contributed by atoms with Gasteiger partial charge in [-0.25, -0.2) is 4.39 Å². The van der Waals surface area contributed by atoms with E-state index in [2.05, 4.69) is 11.9 Å². The molecule has 0 saturated heterocycles. The van der Waals surface area contributed by atoms with Crippen molar-refractivity contribution in [3.63, 3.8) is 0 Å². The third-order valence-corrected chi connectivity index (χ3v) is 1.07. The molecule has 2 heteroatoms. The van der Waals surface area contributed by atoms with E-state index < -0.39 is 6.17 Å². The molecule has 1 aromatic heterocycles. The summed E-state index contributed by atoms with van der Waals surface area (Å²) in [5.41, 5.74) is 0.574. The summed E-state index contributed by atoms with van der Waals surface area (Å²) in [4.78, 5) is 3.73. The van der Waals surface area contributed by atoms with Crippen LogP contribution in [0.15, 0.2) is 24.5 Å². The van der Waals surface area contributed by atoms with Crippen LogP contribution in [0.25, 0.3) is 0 Å². The molecule has 0 aromatic carbocycles. The van der Waals surface area contributed by atoms with E-state index in [0.29, 0.717) is 5.56 Å². The van der Waals surface area contributed by atoms with Gasteiger partial charge in [0.15, 0.2) is 0 Å². The zero-order valence-electron chi connectivity index (χ0n) is 4.92. The predicted octanol–water partition coefficient (Wildman–Crippen LogP) is 1.93. The maximum absolute atomic E-state index is 12.3. The molecule has 0 bridgehead atoms. The van der Waals surface area contributed by atoms with Crippen molar-refractivity contribution in [3.05, 3.63) is 37.0 Å². The highest BCUT2D eigenvalue weighted by Gasteiger charge is 1.98. The summed E-state index contributed by atoms with van der Waals surface area (Å²) >= 11 is 0. The molecule has 1 radical (unpaired) electrons. The van der Waals surface area contributed by atoms with Gasteiger partial charge in [0.2, 0.25) is 0 Å². The summed E-state index contributed by atoms with van der Waals surface area (Å²) in [7, 11) is 0. The molecule has 0 fully saturated rings. The van der Waals surface area contributed by atoms with E-state index >= 15 is 0 Å². The lowest BCUT2D eigenvalue weighted by atomic mass is 10.2. The highest BCUT2D eigenvalue weighted by molar-refractivity contribution is 5.13. The van der Waals surface area contributed by atoms with E-state index in [4.69, 9.17) is 0 Å². The van der Waals surface area contributed by atoms with Gasteiger partial charge in [0.05, 0.1) is 0 Å². The summed E-state index contributed by atoms with van der Waals surface area (Å²) in [5, 5.41) is 0. The van der Waals surface area contributed by atoms with Crippen LogP contribution >= 0.6 is 0 Å². The molecule has 0 aliphatic rings. The molecule has 1 atom stereocenters. The van der Waals surface area contributed by atoms with Crippen LogP contribution in [0.2, 0.25) is 0 Å². The van der Waals surface area contributed by atoms with E-state index in [0.717, 1.165) is 0 Å². The fourth-order valence-electron chi connectivity index (χ4n) is 0.572. The van der Waals surface area contributed by atoms with Crippen LogP contribution in [0.4, 0.5) is 4.39 Å². The number of pyridine rings is 1. The first-order valence-corrected chi connectivity index (χ1v) is 2.68. The fraction of sp³-hybridized carbons (Fsp3) is 0.143. The highest BCUT2D eigenvalue weighted by atomic mass is 19.1. The van der Waals surface area contributed by atoms with Crippen LogP contribution in [0, 0.1) is 6.92 Å². The van der Waals surface area contributed by atoms with E-state index in [-0.39, 0.29) is 0 Å². The van der Waals surface area contributed by atoms with Crippen molar-refractivity contribution in [2.24, 2.45) is 0 Å². The number of nitrogens with zero attached hydrogens (tertiary/aromatic N) is 1. The molecule has 0 aliphatic heterocycles. The predicted molar refractivity (Wildman–Crippen MR) is 33.4 cm³/mol. The van der Waals surface area contributed by atoms with Gasteiger partial charge in [0, 0.05) is 12.4 Å². The minimum Gasteiger partial charge on any atom is -0.265 e. The lowest BCUT2D eigenvalue weighted by molar-refractivity contribution is 0.411. The van der Waals surface area contributed by atoms with Gasteiger partial charge in [-0.05, 0) is 24.6 Å². The number of alkyl halides is 1. The Kier molecular flexibility index (Phi) is 1.78. The molecule has 47 valence electrons. The van der Waals surface area contributed by atoms with Crippen LogP contribution in [-0.2, 0) is 0 Å². The molecule has 0 saturated carbocycles. The summed E-state index contributed by atoms with van der Waals surface area (Å²) < 4.78 is 12.3. The Hall–Kier alpha value is -0.920. The first-order valence-electron chi connectivity index (χ1n) is 2.68. The molecule has 9 heavy (non-hydrogen) atoms. The standard InChI is InChI=1S/C7H7FN/c1-6(8)7-2-4-9-5-3-7/h2-6H,1H2. The molecule has 1 heterocycles. The Balaban J connectivity index is 2.85. The van der Waals surface area contributed by atoms with Crippen molar-refractivity contribution >= 4 is 0 Å². The van der Waals surface area contributed by atoms with Gasteiger partial charge in [-0.15, -0.1) is 0 Å². The van der Waals surface area contributed by atoms with E-state index in [1.165, 1.54) is 0 Å². The molecule has 0 spiro atoms. The van der Waals surface area contributed by atoms with Gasteiger partial charge < -0.3 is 0 Å². The molecule has 1 aromatic rings. The van der Waals surface area contributed by atoms with Gasteiger partial charge in [-0.2, -0.15) is 0 Å². The molecule has 0 aliphatic carbocycles. The zero-order valence-corrected chi connectivity index (χ0v) is 4.92. The van der Waals surface area contributed by atoms with Crippen LogP contribution in [0.1, 0.15) is 11.7 Å². The van der Waals surface area contributed by atoms with E-state index in [1.54, 1.807) is 24.5 Å². The fourth-order valence-corrected chi connectivity index (χ4v) is 0.572. The summed E-state index contributed by atoms with van der Waals surface area (Å²) in [5.74, 6) is 0. The van der Waals surface area contributed by atoms with Gasteiger partial charge in [0.1, 0.15) is 6.17 Å². The van der Waals surface area contributed by atoms with Gasteiger partial charge in [-0.3, -0.25) is 4.98 Å². The average Bonchev–Trinajstić information content (AvgIpc) is 1.90. The van der Waals surface area contributed by atoms with Gasteiger partial charge in [-0.1, -0.05) is 0 Å². The van der Waals surface area contributed by atoms with Crippen LogP contribution in [0.5, 0.6) is 0 Å². The number of hydrogen-bond acceptors (Lipinski definition) is 1. The molecular weight excluding hydrogens is 117 g/mol. The minimum absolute atomic E-state index is 0.574. The Labute approximate surface area is 53.5 Å². The largest absolute Gasteiger partial charge is 0.265 e. The van der Waals surface area contributed by atoms with Crippen molar-refractivity contribution in [3.8, 4) is 0 Å². The Bertz CT molecular complexity index is 172. The first kappa shape index (κ1) is 6.20. The number of aromatic nitrogens is 1. The Morgan fingerprint density at radius 3 is 2.33 bits per heavy atom. The summed E-state index contributed by atoms with van der Waals surface area (Å²) in [6, 6.07) is 3.22. The smallest absolute Gasteiger partial charge is 0.125 e. The molecule has 0 N–H and O–H groups in total. The normalized spacial score (nSPS) is 13.1. The van der Waals surface area contributed by atoms with Crippen molar-refractivity contribution in [2.75, 3.05) is 0 Å². The van der Waals surface area contributed by atoms with Gasteiger partial charge in [0.25, 0.3) is 0 Å². The molecule has 1 unspecified atom stereocenters. The molecule has 0 amide bonds. The Morgan fingerprint density at radius 1 is 1.44 bits per heavy atom. The number of rotatable bonds is 1. The van der Waals surface area contributed by atoms with Crippen molar-refractivity contribution in [1.29, 1.82) is 0 Å².